The summed E-state index contributed by atoms with van der Waals surface area (Å²) in [5.41, 5.74) is 19.2. The SMILES string of the molecule is Cc1cc(C)cc(-c2ccc3c4c(-c5ccc6c(n5)C5=CCC(C)C=C5C6(C)C)c5cc6c7ccccc7c7cccc(c5c(-c5ccc8c(n5)-c5ccccc5C8(C)C)c4c4cc5ccccc5c2c34)c76)c1. The molecule has 2 heteroatoms. The second kappa shape index (κ2) is 14.1. The molecule has 73 heavy (non-hydrogen) atoms. The number of rotatable bonds is 3. The summed E-state index contributed by atoms with van der Waals surface area (Å²) in [4.78, 5) is 11.9. The first-order valence-electron chi connectivity index (χ1n) is 26.3. The van der Waals surface area contributed by atoms with E-state index in [2.05, 4.69) is 218 Å². The Morgan fingerprint density at radius 1 is 0.425 bits per heavy atom. The minimum atomic E-state index is -0.174. The molecule has 2 aromatic heterocycles. The minimum Gasteiger partial charge on any atom is -0.247 e. The van der Waals surface area contributed by atoms with E-state index in [9.17, 15) is 0 Å². The Balaban J connectivity index is 1.17. The zero-order valence-corrected chi connectivity index (χ0v) is 42.3. The Labute approximate surface area is 425 Å². The van der Waals surface area contributed by atoms with Crippen molar-refractivity contribution < 1.29 is 0 Å². The molecule has 346 valence electrons. The molecule has 0 amide bonds. The van der Waals surface area contributed by atoms with Crippen LogP contribution in [0.25, 0.3) is 137 Å². The van der Waals surface area contributed by atoms with Gasteiger partial charge in [-0.05, 0) is 154 Å². The molecule has 13 aromatic rings. The van der Waals surface area contributed by atoms with E-state index in [1.807, 2.05) is 0 Å². The first-order valence-corrected chi connectivity index (χ1v) is 26.3. The second-order valence-corrected chi connectivity index (χ2v) is 22.9. The van der Waals surface area contributed by atoms with E-state index in [4.69, 9.17) is 9.97 Å². The summed E-state index contributed by atoms with van der Waals surface area (Å²) in [6, 6.07) is 60.5. The van der Waals surface area contributed by atoms with Crippen LogP contribution in [0.1, 0.15) is 74.6 Å². The van der Waals surface area contributed by atoms with Crippen molar-refractivity contribution in [1.29, 1.82) is 0 Å². The van der Waals surface area contributed by atoms with E-state index in [1.54, 1.807) is 0 Å². The van der Waals surface area contributed by atoms with Gasteiger partial charge in [0.1, 0.15) is 0 Å². The van der Waals surface area contributed by atoms with E-state index in [-0.39, 0.29) is 10.8 Å². The summed E-state index contributed by atoms with van der Waals surface area (Å²) < 4.78 is 0. The van der Waals surface area contributed by atoms with Gasteiger partial charge in [-0.2, -0.15) is 0 Å². The van der Waals surface area contributed by atoms with Gasteiger partial charge in [-0.15, -0.1) is 0 Å². The van der Waals surface area contributed by atoms with Gasteiger partial charge in [0, 0.05) is 49.3 Å². The lowest BCUT2D eigenvalue weighted by Crippen LogP contribution is -2.17. The molecule has 0 aliphatic heterocycles. The van der Waals surface area contributed by atoms with E-state index < -0.39 is 0 Å². The van der Waals surface area contributed by atoms with Crippen LogP contribution in [-0.4, -0.2) is 9.97 Å². The summed E-state index contributed by atoms with van der Waals surface area (Å²) in [7, 11) is 0. The number of pyridine rings is 2. The Kier molecular flexibility index (Phi) is 7.97. The van der Waals surface area contributed by atoms with Gasteiger partial charge in [0.15, 0.2) is 0 Å². The number of allylic oxidation sites excluding steroid dienone is 4. The molecule has 0 spiro atoms. The van der Waals surface area contributed by atoms with E-state index in [1.165, 1.54) is 153 Å². The number of fused-ring (bicyclic) bond motifs is 16. The molecule has 3 aliphatic carbocycles. The van der Waals surface area contributed by atoms with Crippen LogP contribution in [0, 0.1) is 19.8 Å². The maximum absolute atomic E-state index is 5.98. The smallest absolute Gasteiger partial charge is 0.0753 e. The van der Waals surface area contributed by atoms with Gasteiger partial charge >= 0.3 is 0 Å². The molecule has 0 N–H and O–H groups in total. The van der Waals surface area contributed by atoms with Crippen molar-refractivity contribution in [3.8, 4) is 44.9 Å². The van der Waals surface area contributed by atoms with Crippen molar-refractivity contribution in [1.82, 2.24) is 9.97 Å². The zero-order chi connectivity index (χ0) is 49.0. The Morgan fingerprint density at radius 3 is 1.88 bits per heavy atom. The van der Waals surface area contributed by atoms with Crippen molar-refractivity contribution in [2.24, 2.45) is 5.92 Å². The average Bonchev–Trinajstić information content (AvgIpc) is 4.13. The average molecular weight is 933 g/mol. The van der Waals surface area contributed by atoms with Gasteiger partial charge < -0.3 is 0 Å². The van der Waals surface area contributed by atoms with Gasteiger partial charge in [-0.25, -0.2) is 9.97 Å². The number of nitrogens with zero attached hydrogens (tertiary/aromatic N) is 2. The summed E-state index contributed by atoms with van der Waals surface area (Å²) in [5, 5.41) is 20.3. The minimum absolute atomic E-state index is 0.142. The Hall–Kier alpha value is -8.20. The standard InChI is InChI=1S/C71H52N2/c1-37-23-24-48-57(34-37)71(6,7)56-27-29-58(72-69(48)56)64-53-36-51-45-18-11-10-17-44(45)46-20-14-21-49(60(46)51)63(53)67(59-30-28-55-68(73-59)47-19-12-13-22-54(47)70(55,4)5)66-52-35-40-15-8-9-16-42(40)61-43(25-26-50(62(52)61)65(64)66)41-32-38(2)31-39(3)33-41/h8-22,24-37H,23H2,1-7H3. The van der Waals surface area contributed by atoms with Crippen molar-refractivity contribution in [3.63, 3.8) is 0 Å². The van der Waals surface area contributed by atoms with E-state index in [0.717, 1.165) is 29.2 Å². The Bertz CT molecular complexity index is 4710. The summed E-state index contributed by atoms with van der Waals surface area (Å²) >= 11 is 0. The van der Waals surface area contributed by atoms with Crippen LogP contribution in [0.3, 0.4) is 0 Å². The third-order valence-corrected chi connectivity index (χ3v) is 17.9. The molecule has 1 unspecified atom stereocenters. The van der Waals surface area contributed by atoms with Gasteiger partial charge in [-0.1, -0.05) is 191 Å². The first-order chi connectivity index (χ1) is 35.5. The molecule has 0 bridgehead atoms. The topological polar surface area (TPSA) is 25.8 Å². The van der Waals surface area contributed by atoms with E-state index in [0.29, 0.717) is 5.92 Å². The second-order valence-electron chi connectivity index (χ2n) is 22.9. The molecule has 0 saturated carbocycles. The highest BCUT2D eigenvalue weighted by Gasteiger charge is 2.42. The fourth-order valence-corrected chi connectivity index (χ4v) is 14.7. The maximum atomic E-state index is 5.98. The number of hydrogen-bond donors (Lipinski definition) is 0. The third kappa shape index (κ3) is 5.28. The molecule has 2 heterocycles. The number of hydrogen-bond acceptors (Lipinski definition) is 2. The van der Waals surface area contributed by atoms with Crippen LogP contribution >= 0.6 is 0 Å². The lowest BCUT2D eigenvalue weighted by Gasteiger charge is -2.25. The maximum Gasteiger partial charge on any atom is 0.0753 e. The number of aryl methyl sites for hydroxylation is 2. The lowest BCUT2D eigenvalue weighted by atomic mass is 9.79. The molecular weight excluding hydrogens is 881 g/mol. The predicted octanol–water partition coefficient (Wildman–Crippen LogP) is 19.1. The van der Waals surface area contributed by atoms with Crippen molar-refractivity contribution in [2.75, 3.05) is 0 Å². The Morgan fingerprint density at radius 2 is 1.07 bits per heavy atom. The highest BCUT2D eigenvalue weighted by molar-refractivity contribution is 6.46. The number of aromatic nitrogens is 2. The lowest BCUT2D eigenvalue weighted by molar-refractivity contribution is 0.632. The normalized spacial score (nSPS) is 16.6. The highest BCUT2D eigenvalue weighted by Crippen LogP contribution is 2.58. The van der Waals surface area contributed by atoms with Crippen molar-refractivity contribution >= 4 is 91.8 Å². The largest absolute Gasteiger partial charge is 0.247 e. The van der Waals surface area contributed by atoms with Crippen LogP contribution in [0.15, 0.2) is 175 Å². The fraction of sp³-hybridized carbons (Fsp3) is 0.155. The first kappa shape index (κ1) is 41.4. The van der Waals surface area contributed by atoms with E-state index >= 15 is 0 Å². The van der Waals surface area contributed by atoms with Crippen molar-refractivity contribution in [3.05, 3.63) is 209 Å². The molecule has 1 atom stereocenters. The van der Waals surface area contributed by atoms with Gasteiger partial charge in [0.25, 0.3) is 0 Å². The molecule has 0 fully saturated rings. The molecule has 0 radical (unpaired) electrons. The zero-order valence-electron chi connectivity index (χ0n) is 42.3. The molecule has 3 aliphatic rings. The van der Waals surface area contributed by atoms with Crippen LogP contribution in [-0.2, 0) is 10.8 Å². The van der Waals surface area contributed by atoms with Crippen LogP contribution in [0.5, 0.6) is 0 Å². The van der Waals surface area contributed by atoms with Crippen LogP contribution in [0.4, 0.5) is 0 Å². The van der Waals surface area contributed by atoms with Crippen LogP contribution in [0.2, 0.25) is 0 Å². The monoisotopic (exact) mass is 932 g/mol. The quantitative estimate of drug-likeness (QED) is 0.165. The summed E-state index contributed by atoms with van der Waals surface area (Å²) in [6.07, 6.45) is 6.01. The molecular formula is C71H52N2. The van der Waals surface area contributed by atoms with Crippen LogP contribution < -0.4 is 0 Å². The van der Waals surface area contributed by atoms with Crippen molar-refractivity contribution in [2.45, 2.75) is 65.7 Å². The number of benzene rings is 9. The molecule has 2 nitrogen and oxygen atoms in total. The van der Waals surface area contributed by atoms with Gasteiger partial charge in [0.2, 0.25) is 0 Å². The predicted molar refractivity (Wildman–Crippen MR) is 311 cm³/mol. The molecule has 0 saturated heterocycles. The van der Waals surface area contributed by atoms with Gasteiger partial charge in [0.05, 0.1) is 22.8 Å². The molecule has 11 aromatic carbocycles. The van der Waals surface area contributed by atoms with Gasteiger partial charge in [-0.3, -0.25) is 0 Å². The fourth-order valence-electron chi connectivity index (χ4n) is 14.7. The highest BCUT2D eigenvalue weighted by atomic mass is 14.8. The summed E-state index contributed by atoms with van der Waals surface area (Å²) in [5.74, 6) is 0.496. The summed E-state index contributed by atoms with van der Waals surface area (Å²) in [6.45, 7) is 16.3. The molecule has 16 rings (SSSR count). The third-order valence-electron chi connectivity index (χ3n) is 17.9.